The molecule has 1 aliphatic rings. The minimum atomic E-state index is 0.475. The van der Waals surface area contributed by atoms with Crippen molar-refractivity contribution in [3.63, 3.8) is 0 Å². The van der Waals surface area contributed by atoms with Crippen molar-refractivity contribution in [3.8, 4) is 11.1 Å². The molecule has 0 aliphatic heterocycles. The molecule has 1 aliphatic carbocycles. The molecule has 8 aromatic carbocycles. The van der Waals surface area contributed by atoms with Gasteiger partial charge in [0, 0.05) is 39.2 Å². The average molecular weight is 721 g/mol. The number of nitrogens with zero attached hydrogens (tertiary/aromatic N) is 2. The fraction of sp³-hybridized carbons (Fsp3) is 0.0566. The summed E-state index contributed by atoms with van der Waals surface area (Å²) in [5, 5.41) is 4.53. The molecule has 1 aromatic heterocycles. The molecule has 0 saturated carbocycles. The van der Waals surface area contributed by atoms with Crippen LogP contribution in [-0.2, 0) is 0 Å². The molecule has 1 heterocycles. The van der Waals surface area contributed by atoms with Crippen molar-refractivity contribution >= 4 is 72.4 Å². The van der Waals surface area contributed by atoms with E-state index >= 15 is 0 Å². The van der Waals surface area contributed by atoms with Crippen molar-refractivity contribution < 1.29 is 4.42 Å². The summed E-state index contributed by atoms with van der Waals surface area (Å²) in [6, 6.07) is 67.3. The molecular weight excluding hydrogens is 681 g/mol. The molecule has 9 aromatic rings. The van der Waals surface area contributed by atoms with E-state index in [-0.39, 0.29) is 0 Å². The maximum atomic E-state index is 6.98. The van der Waals surface area contributed by atoms with E-state index in [1.807, 2.05) is 0 Å². The summed E-state index contributed by atoms with van der Waals surface area (Å²) in [7, 11) is 0. The van der Waals surface area contributed by atoms with E-state index < -0.39 is 0 Å². The van der Waals surface area contributed by atoms with Gasteiger partial charge in [0.1, 0.15) is 5.58 Å². The Balaban J connectivity index is 1.23. The van der Waals surface area contributed by atoms with E-state index in [0.29, 0.717) is 5.92 Å². The van der Waals surface area contributed by atoms with Gasteiger partial charge in [0.15, 0.2) is 5.58 Å². The van der Waals surface area contributed by atoms with Crippen LogP contribution in [0.25, 0.3) is 49.4 Å². The lowest BCUT2D eigenvalue weighted by Gasteiger charge is -2.30. The zero-order valence-electron chi connectivity index (χ0n) is 31.2. The summed E-state index contributed by atoms with van der Waals surface area (Å²) in [4.78, 5) is 4.71. The van der Waals surface area contributed by atoms with Crippen LogP contribution < -0.4 is 9.80 Å². The predicted octanol–water partition coefficient (Wildman–Crippen LogP) is 15.3. The Kier molecular flexibility index (Phi) is 8.53. The highest BCUT2D eigenvalue weighted by molar-refractivity contribution is 6.22. The summed E-state index contributed by atoms with van der Waals surface area (Å²) in [6.45, 7) is 2.31. The van der Waals surface area contributed by atoms with Crippen LogP contribution in [0.15, 0.2) is 211 Å². The summed E-state index contributed by atoms with van der Waals surface area (Å²) in [5.74, 6) is 0.475. The number of allylic oxidation sites excluding steroid dienone is 4. The molecule has 0 spiro atoms. The summed E-state index contributed by atoms with van der Waals surface area (Å²) in [5.41, 5.74) is 13.0. The zero-order valence-corrected chi connectivity index (χ0v) is 31.2. The monoisotopic (exact) mass is 720 g/mol. The molecule has 1 unspecified atom stereocenters. The number of fused-ring (bicyclic) bond motifs is 5. The third-order valence-corrected chi connectivity index (χ3v) is 11.1. The molecule has 3 nitrogen and oxygen atoms in total. The van der Waals surface area contributed by atoms with E-state index in [0.717, 1.165) is 62.5 Å². The molecule has 1 atom stereocenters. The highest BCUT2D eigenvalue weighted by atomic mass is 16.3. The summed E-state index contributed by atoms with van der Waals surface area (Å²) >= 11 is 0. The Labute approximate surface area is 327 Å². The van der Waals surface area contributed by atoms with Crippen LogP contribution in [0.2, 0.25) is 0 Å². The lowest BCUT2D eigenvalue weighted by Crippen LogP contribution is -2.13. The van der Waals surface area contributed by atoms with Gasteiger partial charge in [0.2, 0.25) is 0 Å². The predicted molar refractivity (Wildman–Crippen MR) is 237 cm³/mol. The van der Waals surface area contributed by atoms with E-state index in [1.165, 1.54) is 33.0 Å². The van der Waals surface area contributed by atoms with E-state index in [4.69, 9.17) is 4.42 Å². The first-order valence-corrected chi connectivity index (χ1v) is 19.4. The third kappa shape index (κ3) is 6.04. The molecule has 0 N–H and O–H groups in total. The Hall–Kier alpha value is -7.10. The van der Waals surface area contributed by atoms with Gasteiger partial charge in [-0.3, -0.25) is 0 Å². The van der Waals surface area contributed by atoms with E-state index in [2.05, 4.69) is 223 Å². The molecule has 0 bridgehead atoms. The number of hydrogen-bond acceptors (Lipinski definition) is 3. The minimum absolute atomic E-state index is 0.475. The van der Waals surface area contributed by atoms with Crippen molar-refractivity contribution in [2.75, 3.05) is 9.80 Å². The van der Waals surface area contributed by atoms with Crippen LogP contribution in [0, 0.1) is 5.92 Å². The molecule has 3 heteroatoms. The number of hydrogen-bond donors (Lipinski definition) is 0. The highest BCUT2D eigenvalue weighted by Gasteiger charge is 2.25. The second kappa shape index (κ2) is 14.3. The first-order chi connectivity index (χ1) is 27.7. The SMILES string of the molecule is CC1CC=CC=C1c1ccc(N(c2ccccc2)c2cc(N(c3ccccc3)c3ccc(-c4ccccc4)cc3)cc3c2oc2ccc4ccccc4c23)cc1. The summed E-state index contributed by atoms with van der Waals surface area (Å²) < 4.78 is 6.98. The molecule has 0 saturated heterocycles. The molecule has 0 fully saturated rings. The van der Waals surface area contributed by atoms with Crippen LogP contribution in [0.4, 0.5) is 34.1 Å². The molecule has 0 amide bonds. The Morgan fingerprint density at radius 3 is 1.75 bits per heavy atom. The van der Waals surface area contributed by atoms with Crippen LogP contribution in [0.5, 0.6) is 0 Å². The number of rotatable bonds is 8. The highest BCUT2D eigenvalue weighted by Crippen LogP contribution is 2.48. The maximum absolute atomic E-state index is 6.98. The van der Waals surface area contributed by atoms with Crippen molar-refractivity contribution in [2.45, 2.75) is 13.3 Å². The maximum Gasteiger partial charge on any atom is 0.159 e. The lowest BCUT2D eigenvalue weighted by molar-refractivity contribution is 0.669. The Morgan fingerprint density at radius 2 is 1.05 bits per heavy atom. The third-order valence-electron chi connectivity index (χ3n) is 11.1. The second-order valence-electron chi connectivity index (χ2n) is 14.6. The van der Waals surface area contributed by atoms with Crippen LogP contribution >= 0.6 is 0 Å². The molecule has 10 rings (SSSR count). The van der Waals surface area contributed by atoms with Gasteiger partial charge < -0.3 is 14.2 Å². The Morgan fingerprint density at radius 1 is 0.482 bits per heavy atom. The fourth-order valence-corrected chi connectivity index (χ4v) is 8.30. The standard InChI is InChI=1S/C53H40N2O/c1-37-15-11-13-23-47(37)41-27-32-45(33-28-41)55(43-21-9-4-10-22-43)50-36-46(35-49-52-48-24-14-12-18-40(48)29-34-51(52)56-53(49)50)54(42-19-7-3-8-20-42)44-30-25-39(26-31-44)38-16-5-2-6-17-38/h2-14,16-37H,15H2,1H3. The average Bonchev–Trinajstić information content (AvgIpc) is 3.65. The normalized spacial score (nSPS) is 13.9. The molecule has 56 heavy (non-hydrogen) atoms. The molecule has 0 radical (unpaired) electrons. The van der Waals surface area contributed by atoms with Crippen LogP contribution in [0.1, 0.15) is 18.9 Å². The minimum Gasteiger partial charge on any atom is -0.454 e. The van der Waals surface area contributed by atoms with Gasteiger partial charge in [0.05, 0.1) is 5.69 Å². The number of furan rings is 1. The molecular formula is C53H40N2O. The number of benzene rings is 8. The molecule has 268 valence electrons. The van der Waals surface area contributed by atoms with Crippen molar-refractivity contribution in [3.05, 3.63) is 212 Å². The number of para-hydroxylation sites is 2. The lowest BCUT2D eigenvalue weighted by atomic mass is 9.88. The smallest absolute Gasteiger partial charge is 0.159 e. The van der Waals surface area contributed by atoms with Gasteiger partial charge >= 0.3 is 0 Å². The van der Waals surface area contributed by atoms with Crippen molar-refractivity contribution in [1.82, 2.24) is 0 Å². The van der Waals surface area contributed by atoms with E-state index in [1.54, 1.807) is 0 Å². The van der Waals surface area contributed by atoms with E-state index in [9.17, 15) is 0 Å². The van der Waals surface area contributed by atoms with Crippen molar-refractivity contribution in [2.24, 2.45) is 5.92 Å². The number of anilines is 6. The van der Waals surface area contributed by atoms with Gasteiger partial charge in [-0.05, 0) is 112 Å². The van der Waals surface area contributed by atoms with Gasteiger partial charge in [-0.25, -0.2) is 0 Å². The summed E-state index contributed by atoms with van der Waals surface area (Å²) in [6.07, 6.45) is 7.75. The fourth-order valence-electron chi connectivity index (χ4n) is 8.30. The first-order valence-electron chi connectivity index (χ1n) is 19.4. The quantitative estimate of drug-likeness (QED) is 0.156. The van der Waals surface area contributed by atoms with Crippen molar-refractivity contribution in [1.29, 1.82) is 0 Å². The largest absolute Gasteiger partial charge is 0.454 e. The van der Waals surface area contributed by atoms with Gasteiger partial charge in [-0.2, -0.15) is 0 Å². The second-order valence-corrected chi connectivity index (χ2v) is 14.6. The zero-order chi connectivity index (χ0) is 37.4. The first kappa shape index (κ1) is 33.5. The van der Waals surface area contributed by atoms with Crippen LogP contribution in [-0.4, -0.2) is 0 Å². The van der Waals surface area contributed by atoms with Gasteiger partial charge in [-0.15, -0.1) is 0 Å². The van der Waals surface area contributed by atoms with Crippen LogP contribution in [0.3, 0.4) is 0 Å². The van der Waals surface area contributed by atoms with Gasteiger partial charge in [0.25, 0.3) is 0 Å². The Bertz CT molecular complexity index is 2870. The van der Waals surface area contributed by atoms with Gasteiger partial charge in [-0.1, -0.05) is 146 Å². The topological polar surface area (TPSA) is 19.6 Å².